The summed E-state index contributed by atoms with van der Waals surface area (Å²) < 4.78 is 0. The molecule has 1 saturated heterocycles. The second kappa shape index (κ2) is 8.51. The van der Waals surface area contributed by atoms with Crippen LogP contribution in [-0.4, -0.2) is 63.1 Å². The number of fused-ring (bicyclic) bond motifs is 2. The molecule has 1 fully saturated rings. The number of carbonyl (C=O) groups excluding carboxylic acids is 2. The second-order valence-corrected chi connectivity index (χ2v) is 9.37. The lowest BCUT2D eigenvalue weighted by molar-refractivity contribution is 0.0734. The lowest BCUT2D eigenvalue weighted by atomic mass is 10.0. The Balaban J connectivity index is 1.37. The van der Waals surface area contributed by atoms with Crippen LogP contribution in [0.4, 0.5) is 0 Å². The molecule has 2 amide bonds. The molecule has 0 spiro atoms. The average molecular weight is 448 g/mol. The van der Waals surface area contributed by atoms with E-state index in [1.165, 1.54) is 0 Å². The smallest absolute Gasteiger partial charge is 0.258 e. The molecule has 0 unspecified atom stereocenters. The van der Waals surface area contributed by atoms with Gasteiger partial charge in [0.25, 0.3) is 11.8 Å². The standard InChI is InChI=1S/C25H29N5O3/c1-15(2)9-21-19-11-20(23(31)12-22(19)28-27-21)25(33)30-13-17-4-3-16(10-18(17)14-30)24(32)29-7-5-26-6-8-29/h3-4,10-12,15,26,31H,5-9,13-14H2,1-2H3,(H,27,28). The van der Waals surface area contributed by atoms with Crippen LogP contribution in [0.15, 0.2) is 30.3 Å². The highest BCUT2D eigenvalue weighted by atomic mass is 16.3. The molecule has 5 rings (SSSR count). The predicted molar refractivity (Wildman–Crippen MR) is 125 cm³/mol. The SMILES string of the molecule is CC(C)Cc1n[nH]c2cc(O)c(C(=O)N3Cc4ccc(C(=O)N5CCNCC5)cc4C3)cc12. The van der Waals surface area contributed by atoms with E-state index in [2.05, 4.69) is 29.4 Å². The first-order valence-corrected chi connectivity index (χ1v) is 11.5. The molecule has 0 saturated carbocycles. The summed E-state index contributed by atoms with van der Waals surface area (Å²) >= 11 is 0. The molecule has 8 nitrogen and oxygen atoms in total. The van der Waals surface area contributed by atoms with Crippen LogP contribution in [0, 0.1) is 5.92 Å². The minimum absolute atomic E-state index is 0.0322. The normalized spacial score (nSPS) is 16.0. The number of hydrogen-bond acceptors (Lipinski definition) is 5. The second-order valence-electron chi connectivity index (χ2n) is 9.37. The van der Waals surface area contributed by atoms with E-state index >= 15 is 0 Å². The van der Waals surface area contributed by atoms with Crippen molar-refractivity contribution in [3.05, 3.63) is 58.3 Å². The molecule has 1 aromatic heterocycles. The molecule has 2 aliphatic rings. The molecular formula is C25H29N5O3. The summed E-state index contributed by atoms with van der Waals surface area (Å²) in [6.45, 7) is 8.14. The van der Waals surface area contributed by atoms with Crippen LogP contribution >= 0.6 is 0 Å². The van der Waals surface area contributed by atoms with Gasteiger partial charge in [-0.2, -0.15) is 5.10 Å². The fraction of sp³-hybridized carbons (Fsp3) is 0.400. The Kier molecular flexibility index (Phi) is 5.54. The molecule has 0 atom stereocenters. The number of phenolic OH excluding ortho intramolecular Hbond substituents is 1. The van der Waals surface area contributed by atoms with Crippen molar-refractivity contribution >= 4 is 22.7 Å². The Morgan fingerprint density at radius 2 is 1.79 bits per heavy atom. The Hall–Kier alpha value is -3.39. The summed E-state index contributed by atoms with van der Waals surface area (Å²) in [5, 5.41) is 22.0. The summed E-state index contributed by atoms with van der Waals surface area (Å²) in [5.41, 5.74) is 4.57. The number of piperazine rings is 1. The minimum Gasteiger partial charge on any atom is -0.507 e. The maximum absolute atomic E-state index is 13.4. The maximum Gasteiger partial charge on any atom is 0.258 e. The van der Waals surface area contributed by atoms with Crippen molar-refractivity contribution in [2.75, 3.05) is 26.2 Å². The van der Waals surface area contributed by atoms with Gasteiger partial charge in [0.15, 0.2) is 0 Å². The highest BCUT2D eigenvalue weighted by Crippen LogP contribution is 2.31. The number of hydrogen-bond donors (Lipinski definition) is 3. The van der Waals surface area contributed by atoms with Crippen LogP contribution in [0.25, 0.3) is 10.9 Å². The number of aromatic amines is 1. The Morgan fingerprint density at radius 1 is 1.03 bits per heavy atom. The zero-order valence-electron chi connectivity index (χ0n) is 19.0. The van der Waals surface area contributed by atoms with Crippen LogP contribution in [-0.2, 0) is 19.5 Å². The molecule has 3 aromatic rings. The van der Waals surface area contributed by atoms with Crippen LogP contribution in [0.2, 0.25) is 0 Å². The third kappa shape index (κ3) is 4.06. The molecule has 33 heavy (non-hydrogen) atoms. The van der Waals surface area contributed by atoms with E-state index in [0.717, 1.165) is 47.2 Å². The molecule has 3 heterocycles. The molecule has 0 radical (unpaired) electrons. The number of rotatable bonds is 4. The van der Waals surface area contributed by atoms with Crippen molar-refractivity contribution < 1.29 is 14.7 Å². The van der Waals surface area contributed by atoms with E-state index in [0.29, 0.717) is 37.7 Å². The zero-order valence-corrected chi connectivity index (χ0v) is 19.0. The topological polar surface area (TPSA) is 102 Å². The summed E-state index contributed by atoms with van der Waals surface area (Å²) in [6, 6.07) is 9.03. The average Bonchev–Trinajstić information content (AvgIpc) is 3.41. The fourth-order valence-electron chi connectivity index (χ4n) is 4.71. The van der Waals surface area contributed by atoms with Crippen molar-refractivity contribution in [1.29, 1.82) is 0 Å². The first kappa shape index (κ1) is 21.5. The van der Waals surface area contributed by atoms with Crippen LogP contribution < -0.4 is 5.32 Å². The van der Waals surface area contributed by atoms with Gasteiger partial charge in [0, 0.05) is 56.3 Å². The number of phenols is 1. The van der Waals surface area contributed by atoms with Gasteiger partial charge < -0.3 is 20.2 Å². The number of benzene rings is 2. The van der Waals surface area contributed by atoms with E-state index in [4.69, 9.17) is 0 Å². The summed E-state index contributed by atoms with van der Waals surface area (Å²) in [7, 11) is 0. The summed E-state index contributed by atoms with van der Waals surface area (Å²) in [6.07, 6.45) is 0.789. The van der Waals surface area contributed by atoms with E-state index in [9.17, 15) is 14.7 Å². The molecule has 172 valence electrons. The van der Waals surface area contributed by atoms with Crippen molar-refractivity contribution in [1.82, 2.24) is 25.3 Å². The highest BCUT2D eigenvalue weighted by Gasteiger charge is 2.28. The van der Waals surface area contributed by atoms with Crippen LogP contribution in [0.1, 0.15) is 51.4 Å². The number of aromatic nitrogens is 2. The monoisotopic (exact) mass is 447 g/mol. The van der Waals surface area contributed by atoms with E-state index in [-0.39, 0.29) is 23.1 Å². The van der Waals surface area contributed by atoms with Gasteiger partial charge in [-0.15, -0.1) is 0 Å². The lowest BCUT2D eigenvalue weighted by Crippen LogP contribution is -2.46. The molecular weight excluding hydrogens is 418 g/mol. The Bertz CT molecular complexity index is 1230. The minimum atomic E-state index is -0.225. The van der Waals surface area contributed by atoms with E-state index in [1.807, 2.05) is 23.1 Å². The van der Waals surface area contributed by atoms with Gasteiger partial charge in [-0.3, -0.25) is 14.7 Å². The molecule has 8 heteroatoms. The van der Waals surface area contributed by atoms with Crippen molar-refractivity contribution in [2.45, 2.75) is 33.4 Å². The van der Waals surface area contributed by atoms with Crippen LogP contribution in [0.3, 0.4) is 0 Å². The molecule has 0 aliphatic carbocycles. The van der Waals surface area contributed by atoms with Gasteiger partial charge in [0.05, 0.1) is 16.8 Å². The lowest BCUT2D eigenvalue weighted by Gasteiger charge is -2.27. The fourth-order valence-corrected chi connectivity index (χ4v) is 4.71. The zero-order chi connectivity index (χ0) is 23.1. The van der Waals surface area contributed by atoms with Crippen molar-refractivity contribution in [3.63, 3.8) is 0 Å². The first-order valence-electron chi connectivity index (χ1n) is 11.5. The third-order valence-electron chi connectivity index (χ3n) is 6.46. The maximum atomic E-state index is 13.4. The van der Waals surface area contributed by atoms with Gasteiger partial charge in [0.2, 0.25) is 0 Å². The molecule has 2 aromatic carbocycles. The predicted octanol–water partition coefficient (Wildman–Crippen LogP) is 2.67. The van der Waals surface area contributed by atoms with Gasteiger partial charge in [-0.05, 0) is 41.7 Å². The largest absolute Gasteiger partial charge is 0.507 e. The quantitative estimate of drug-likeness (QED) is 0.571. The number of carbonyl (C=O) groups is 2. The number of nitrogens with one attached hydrogen (secondary N) is 2. The van der Waals surface area contributed by atoms with Gasteiger partial charge in [0.1, 0.15) is 5.75 Å². The summed E-state index contributed by atoms with van der Waals surface area (Å²) in [4.78, 5) is 29.8. The number of H-pyrrole nitrogens is 1. The molecule has 2 aliphatic heterocycles. The highest BCUT2D eigenvalue weighted by molar-refractivity contribution is 6.01. The first-order chi connectivity index (χ1) is 15.9. The Labute approximate surface area is 192 Å². The van der Waals surface area contributed by atoms with Gasteiger partial charge in [-0.25, -0.2) is 0 Å². The number of aromatic hydroxyl groups is 1. The van der Waals surface area contributed by atoms with Crippen molar-refractivity contribution in [3.8, 4) is 5.75 Å². The van der Waals surface area contributed by atoms with Gasteiger partial charge >= 0.3 is 0 Å². The number of nitrogens with zero attached hydrogens (tertiary/aromatic N) is 3. The van der Waals surface area contributed by atoms with Crippen LogP contribution in [0.5, 0.6) is 5.75 Å². The third-order valence-corrected chi connectivity index (χ3v) is 6.46. The Morgan fingerprint density at radius 3 is 2.55 bits per heavy atom. The molecule has 3 N–H and O–H groups in total. The number of amides is 2. The van der Waals surface area contributed by atoms with Gasteiger partial charge in [-0.1, -0.05) is 19.9 Å². The van der Waals surface area contributed by atoms with E-state index < -0.39 is 0 Å². The van der Waals surface area contributed by atoms with E-state index in [1.54, 1.807) is 17.0 Å². The molecule has 0 bridgehead atoms. The van der Waals surface area contributed by atoms with Crippen molar-refractivity contribution in [2.24, 2.45) is 5.92 Å². The summed E-state index contributed by atoms with van der Waals surface area (Å²) in [5.74, 6) is 0.176.